The van der Waals surface area contributed by atoms with E-state index in [1.54, 1.807) is 24.8 Å². The standard InChI is InChI=1S/C26H21IN4O3S/c1-14-19-11-20-21(12-22(19)34-25(33)23(14)24(28)32)31(13-15-5-3-6-16(27)9-15)26(30-20)29-17-7-4-8-18(10-17)35-2/h3-12H,13H2,1-2H3,(H2,28,32)(H,29,30). The van der Waals surface area contributed by atoms with E-state index in [4.69, 9.17) is 15.1 Å². The highest BCUT2D eigenvalue weighted by atomic mass is 127. The number of anilines is 2. The van der Waals surface area contributed by atoms with E-state index in [1.165, 1.54) is 0 Å². The number of amides is 1. The maximum atomic E-state index is 12.4. The molecule has 0 radical (unpaired) electrons. The van der Waals surface area contributed by atoms with Crippen molar-refractivity contribution in [1.82, 2.24) is 9.55 Å². The average Bonchev–Trinajstić information content (AvgIpc) is 3.13. The topological polar surface area (TPSA) is 103 Å². The number of carbonyl (C=O) groups excluding carboxylic acids is 1. The second-order valence-electron chi connectivity index (χ2n) is 8.10. The molecule has 0 saturated carbocycles. The molecule has 5 aromatic rings. The Labute approximate surface area is 218 Å². The number of hydrogen-bond donors (Lipinski definition) is 2. The summed E-state index contributed by atoms with van der Waals surface area (Å²) in [6, 6.07) is 20.0. The van der Waals surface area contributed by atoms with Gasteiger partial charge >= 0.3 is 5.63 Å². The van der Waals surface area contributed by atoms with Crippen LogP contribution in [0.2, 0.25) is 0 Å². The predicted molar refractivity (Wildman–Crippen MR) is 149 cm³/mol. The highest BCUT2D eigenvalue weighted by Crippen LogP contribution is 2.30. The number of primary amides is 1. The zero-order valence-electron chi connectivity index (χ0n) is 19.0. The van der Waals surface area contributed by atoms with Crippen LogP contribution in [0.15, 0.2) is 74.8 Å². The lowest BCUT2D eigenvalue weighted by molar-refractivity contribution is 0.0996. The largest absolute Gasteiger partial charge is 0.422 e. The molecule has 7 nitrogen and oxygen atoms in total. The van der Waals surface area contributed by atoms with Gasteiger partial charge in [-0.1, -0.05) is 18.2 Å². The third-order valence-corrected chi connectivity index (χ3v) is 7.23. The molecule has 0 aliphatic carbocycles. The van der Waals surface area contributed by atoms with Crippen LogP contribution in [-0.2, 0) is 6.54 Å². The minimum atomic E-state index is -0.807. The van der Waals surface area contributed by atoms with E-state index in [2.05, 4.69) is 56.7 Å². The number of aromatic nitrogens is 2. The van der Waals surface area contributed by atoms with Crippen LogP contribution in [0.25, 0.3) is 22.0 Å². The van der Waals surface area contributed by atoms with Gasteiger partial charge in [-0.15, -0.1) is 11.8 Å². The quantitative estimate of drug-likeness (QED) is 0.149. The van der Waals surface area contributed by atoms with Gasteiger partial charge in [0.25, 0.3) is 5.91 Å². The number of imidazole rings is 1. The van der Waals surface area contributed by atoms with E-state index < -0.39 is 11.5 Å². The number of thioether (sulfide) groups is 1. The number of nitrogens with two attached hydrogens (primary N) is 1. The summed E-state index contributed by atoms with van der Waals surface area (Å²) in [6.07, 6.45) is 2.04. The van der Waals surface area contributed by atoms with Gasteiger partial charge < -0.3 is 20.0 Å². The van der Waals surface area contributed by atoms with E-state index in [1.807, 2.05) is 36.6 Å². The van der Waals surface area contributed by atoms with Gasteiger partial charge in [0.2, 0.25) is 5.95 Å². The van der Waals surface area contributed by atoms with Crippen molar-refractivity contribution in [3.05, 3.63) is 91.3 Å². The predicted octanol–water partition coefficient (Wildman–Crippen LogP) is 5.67. The first-order chi connectivity index (χ1) is 16.8. The smallest absolute Gasteiger partial charge is 0.349 e. The molecule has 0 aliphatic heterocycles. The minimum Gasteiger partial charge on any atom is -0.422 e. The Morgan fingerprint density at radius 3 is 2.71 bits per heavy atom. The number of fused-ring (bicyclic) bond motifs is 2. The van der Waals surface area contributed by atoms with Crippen LogP contribution in [0, 0.1) is 10.5 Å². The Morgan fingerprint density at radius 1 is 1.17 bits per heavy atom. The Hall–Kier alpha value is -3.31. The molecule has 0 aliphatic rings. The van der Waals surface area contributed by atoms with Gasteiger partial charge in [0.1, 0.15) is 11.1 Å². The molecule has 1 amide bonds. The van der Waals surface area contributed by atoms with Gasteiger partial charge in [0.15, 0.2) is 0 Å². The SMILES string of the molecule is CSc1cccc(Nc2nc3cc4c(C)c(C(N)=O)c(=O)oc4cc3n2Cc2cccc(I)c2)c1. The Balaban J connectivity index is 1.72. The van der Waals surface area contributed by atoms with Crippen LogP contribution in [0.5, 0.6) is 0 Å². The Bertz CT molecular complexity index is 1680. The maximum absolute atomic E-state index is 12.4. The second kappa shape index (κ2) is 9.38. The van der Waals surface area contributed by atoms with Gasteiger partial charge in [0, 0.05) is 25.6 Å². The lowest BCUT2D eigenvalue weighted by Gasteiger charge is -2.12. The fraction of sp³-hybridized carbons (Fsp3) is 0.115. The first kappa shape index (κ1) is 23.4. The highest BCUT2D eigenvalue weighted by Gasteiger charge is 2.19. The summed E-state index contributed by atoms with van der Waals surface area (Å²) in [7, 11) is 0. The molecule has 0 fully saturated rings. The van der Waals surface area contributed by atoms with E-state index in [9.17, 15) is 9.59 Å². The molecule has 0 spiro atoms. The molecule has 0 unspecified atom stereocenters. The van der Waals surface area contributed by atoms with E-state index in [0.717, 1.165) is 25.2 Å². The van der Waals surface area contributed by atoms with Crippen molar-refractivity contribution in [3.63, 3.8) is 0 Å². The molecule has 2 heterocycles. The maximum Gasteiger partial charge on any atom is 0.349 e. The van der Waals surface area contributed by atoms with Crippen LogP contribution in [0.3, 0.4) is 0 Å². The molecule has 0 saturated heterocycles. The molecule has 0 bridgehead atoms. The molecule has 5 rings (SSSR count). The van der Waals surface area contributed by atoms with Crippen LogP contribution < -0.4 is 16.7 Å². The lowest BCUT2D eigenvalue weighted by atomic mass is 10.1. The number of nitrogens with zero attached hydrogens (tertiary/aromatic N) is 2. The third kappa shape index (κ3) is 4.53. The summed E-state index contributed by atoms with van der Waals surface area (Å²) in [5, 5.41) is 4.08. The number of nitrogens with one attached hydrogen (secondary N) is 1. The van der Waals surface area contributed by atoms with Crippen molar-refractivity contribution in [1.29, 1.82) is 0 Å². The number of halogens is 1. The number of hydrogen-bond acceptors (Lipinski definition) is 6. The van der Waals surface area contributed by atoms with Gasteiger partial charge in [-0.25, -0.2) is 9.78 Å². The molecule has 3 aromatic carbocycles. The van der Waals surface area contributed by atoms with Crippen LogP contribution in [-0.4, -0.2) is 21.7 Å². The lowest BCUT2D eigenvalue weighted by Crippen LogP contribution is -2.22. The average molecular weight is 596 g/mol. The van der Waals surface area contributed by atoms with Crippen LogP contribution in [0.1, 0.15) is 21.5 Å². The molecule has 2 aromatic heterocycles. The fourth-order valence-corrected chi connectivity index (χ4v) is 5.22. The number of benzene rings is 3. The van der Waals surface area contributed by atoms with E-state index in [-0.39, 0.29) is 5.56 Å². The normalized spacial score (nSPS) is 11.3. The minimum absolute atomic E-state index is 0.137. The van der Waals surface area contributed by atoms with Crippen molar-refractivity contribution < 1.29 is 9.21 Å². The van der Waals surface area contributed by atoms with Crippen molar-refractivity contribution >= 4 is 73.9 Å². The van der Waals surface area contributed by atoms with Crippen molar-refractivity contribution in [2.24, 2.45) is 5.73 Å². The van der Waals surface area contributed by atoms with Gasteiger partial charge in [-0.2, -0.15) is 0 Å². The summed E-state index contributed by atoms with van der Waals surface area (Å²) < 4.78 is 8.70. The monoisotopic (exact) mass is 596 g/mol. The molecule has 35 heavy (non-hydrogen) atoms. The van der Waals surface area contributed by atoms with Crippen molar-refractivity contribution in [2.75, 3.05) is 11.6 Å². The van der Waals surface area contributed by atoms with E-state index >= 15 is 0 Å². The highest BCUT2D eigenvalue weighted by molar-refractivity contribution is 14.1. The number of carbonyl (C=O) groups is 1. The van der Waals surface area contributed by atoms with Crippen molar-refractivity contribution in [3.8, 4) is 0 Å². The first-order valence-electron chi connectivity index (χ1n) is 10.8. The van der Waals surface area contributed by atoms with E-state index in [0.29, 0.717) is 34.5 Å². The number of rotatable bonds is 6. The molecule has 0 atom stereocenters. The summed E-state index contributed by atoms with van der Waals surface area (Å²) in [6.45, 7) is 2.26. The van der Waals surface area contributed by atoms with Crippen LogP contribution in [0.4, 0.5) is 11.6 Å². The summed E-state index contributed by atoms with van der Waals surface area (Å²) >= 11 is 3.96. The van der Waals surface area contributed by atoms with Crippen molar-refractivity contribution in [2.45, 2.75) is 18.4 Å². The van der Waals surface area contributed by atoms with Gasteiger partial charge in [-0.05, 0) is 83.3 Å². The summed E-state index contributed by atoms with van der Waals surface area (Å²) in [5.41, 5.74) is 8.95. The zero-order valence-corrected chi connectivity index (χ0v) is 21.9. The molecule has 176 valence electrons. The zero-order chi connectivity index (χ0) is 24.7. The van der Waals surface area contributed by atoms with Gasteiger partial charge in [0.05, 0.1) is 17.6 Å². The third-order valence-electron chi connectivity index (χ3n) is 5.84. The fourth-order valence-electron chi connectivity index (χ4n) is 4.16. The Morgan fingerprint density at radius 2 is 1.97 bits per heavy atom. The summed E-state index contributed by atoms with van der Waals surface area (Å²) in [5.74, 6) is -0.152. The molecular formula is C26H21IN4O3S. The molecule has 3 N–H and O–H groups in total. The Kier molecular flexibility index (Phi) is 6.28. The second-order valence-corrected chi connectivity index (χ2v) is 10.2. The van der Waals surface area contributed by atoms with Crippen LogP contribution >= 0.6 is 34.4 Å². The number of aryl methyl sites for hydroxylation is 1. The summed E-state index contributed by atoms with van der Waals surface area (Å²) in [4.78, 5) is 30.3. The van der Waals surface area contributed by atoms with Gasteiger partial charge in [-0.3, -0.25) is 4.79 Å². The molecular weight excluding hydrogens is 575 g/mol. The first-order valence-corrected chi connectivity index (χ1v) is 13.1. The molecule has 9 heteroatoms.